The van der Waals surface area contributed by atoms with E-state index in [1.54, 1.807) is 6.07 Å². The number of carbonyl (C=O) groups is 1. The van der Waals surface area contributed by atoms with Gasteiger partial charge in [0, 0.05) is 23.4 Å². The summed E-state index contributed by atoms with van der Waals surface area (Å²) in [5.41, 5.74) is 1.43. The van der Waals surface area contributed by atoms with Crippen molar-refractivity contribution in [3.63, 3.8) is 0 Å². The number of hydrogen-bond donors (Lipinski definition) is 1. The first-order valence-electron chi connectivity index (χ1n) is 7.67. The van der Waals surface area contributed by atoms with Crippen LogP contribution in [0.25, 0.3) is 6.08 Å². The van der Waals surface area contributed by atoms with Crippen LogP contribution in [-0.2, 0) is 4.79 Å². The zero-order valence-corrected chi connectivity index (χ0v) is 12.7. The van der Waals surface area contributed by atoms with E-state index in [-0.39, 0.29) is 17.5 Å². The van der Waals surface area contributed by atoms with Crippen molar-refractivity contribution < 1.29 is 9.90 Å². The quantitative estimate of drug-likeness (QED) is 0.862. The van der Waals surface area contributed by atoms with Crippen molar-refractivity contribution in [2.45, 2.75) is 57.9 Å². The third-order valence-corrected chi connectivity index (χ3v) is 4.11. The van der Waals surface area contributed by atoms with Crippen molar-refractivity contribution in [1.82, 2.24) is 4.57 Å². The number of carboxylic acid groups (broad SMARTS) is 1. The summed E-state index contributed by atoms with van der Waals surface area (Å²) in [6.45, 7) is 4.17. The van der Waals surface area contributed by atoms with Gasteiger partial charge in [0.05, 0.1) is 0 Å². The molecule has 0 saturated heterocycles. The number of carboxylic acids is 1. The second-order valence-corrected chi connectivity index (χ2v) is 6.01. The normalized spacial score (nSPS) is 16.7. The van der Waals surface area contributed by atoms with Crippen LogP contribution in [0.15, 0.2) is 23.0 Å². The maximum atomic E-state index is 12.7. The highest BCUT2D eigenvalue weighted by atomic mass is 16.4. The van der Waals surface area contributed by atoms with Crippen molar-refractivity contribution in [1.29, 1.82) is 0 Å². The second kappa shape index (κ2) is 6.74. The molecule has 1 saturated carbocycles. The molecule has 0 amide bonds. The van der Waals surface area contributed by atoms with Gasteiger partial charge < -0.3 is 9.67 Å². The highest BCUT2D eigenvalue weighted by Crippen LogP contribution is 2.30. The molecule has 1 N–H and O–H groups in total. The van der Waals surface area contributed by atoms with Gasteiger partial charge in [0.1, 0.15) is 0 Å². The zero-order valence-electron chi connectivity index (χ0n) is 12.7. The third-order valence-electron chi connectivity index (χ3n) is 4.11. The fourth-order valence-electron chi connectivity index (χ4n) is 3.06. The topological polar surface area (TPSA) is 59.3 Å². The molecule has 0 spiro atoms. The lowest BCUT2D eigenvalue weighted by Gasteiger charge is -2.28. The molecule has 1 aliphatic rings. The van der Waals surface area contributed by atoms with Crippen LogP contribution in [0.4, 0.5) is 0 Å². The maximum absolute atomic E-state index is 12.7. The molecule has 0 radical (unpaired) electrons. The molecule has 1 aromatic rings. The van der Waals surface area contributed by atoms with E-state index >= 15 is 0 Å². The second-order valence-electron chi connectivity index (χ2n) is 6.01. The Kier molecular flexibility index (Phi) is 4.99. The third kappa shape index (κ3) is 3.63. The Morgan fingerprint density at radius 1 is 1.29 bits per heavy atom. The first kappa shape index (κ1) is 15.5. The molecule has 21 heavy (non-hydrogen) atoms. The van der Waals surface area contributed by atoms with Crippen LogP contribution in [0.3, 0.4) is 0 Å². The molecule has 0 aliphatic heterocycles. The SMILES string of the molecule is CC(C)c1ccc(/C=C/C(=O)O)c(=O)n1C1CCCCC1. The standard InChI is InChI=1S/C17H23NO3/c1-12(2)15-10-8-13(9-11-16(19)20)17(21)18(15)14-6-4-3-5-7-14/h8-12,14H,3-7H2,1-2H3,(H,19,20)/b11-9+. The first-order chi connectivity index (χ1) is 10.0. The summed E-state index contributed by atoms with van der Waals surface area (Å²) in [5, 5.41) is 8.73. The number of nitrogens with zero attached hydrogens (tertiary/aromatic N) is 1. The molecule has 0 unspecified atom stereocenters. The van der Waals surface area contributed by atoms with Gasteiger partial charge in [-0.15, -0.1) is 0 Å². The Bertz CT molecular complexity index is 593. The smallest absolute Gasteiger partial charge is 0.328 e. The minimum atomic E-state index is -1.04. The van der Waals surface area contributed by atoms with Crippen molar-refractivity contribution in [3.05, 3.63) is 39.8 Å². The van der Waals surface area contributed by atoms with Gasteiger partial charge in [-0.2, -0.15) is 0 Å². The minimum absolute atomic E-state index is 0.0643. The van der Waals surface area contributed by atoms with Crippen LogP contribution in [0.2, 0.25) is 0 Å². The summed E-state index contributed by atoms with van der Waals surface area (Å²) < 4.78 is 1.91. The van der Waals surface area contributed by atoms with Crippen LogP contribution in [0.5, 0.6) is 0 Å². The van der Waals surface area contributed by atoms with Gasteiger partial charge in [-0.25, -0.2) is 4.79 Å². The summed E-state index contributed by atoms with van der Waals surface area (Å²) in [6, 6.07) is 3.94. The van der Waals surface area contributed by atoms with Gasteiger partial charge in [-0.1, -0.05) is 33.1 Å². The monoisotopic (exact) mass is 289 g/mol. The van der Waals surface area contributed by atoms with Crippen molar-refractivity contribution in [2.24, 2.45) is 0 Å². The van der Waals surface area contributed by atoms with Gasteiger partial charge in [0.15, 0.2) is 0 Å². The number of aliphatic carboxylic acids is 1. The Morgan fingerprint density at radius 2 is 1.95 bits per heavy atom. The summed E-state index contributed by atoms with van der Waals surface area (Å²) >= 11 is 0. The molecule has 1 fully saturated rings. The summed E-state index contributed by atoms with van der Waals surface area (Å²) in [4.78, 5) is 23.4. The van der Waals surface area contributed by atoms with Crippen LogP contribution in [0.1, 0.15) is 69.2 Å². The van der Waals surface area contributed by atoms with E-state index in [9.17, 15) is 9.59 Å². The molecular formula is C17H23NO3. The summed E-state index contributed by atoms with van der Waals surface area (Å²) in [7, 11) is 0. The molecule has 0 aromatic carbocycles. The van der Waals surface area contributed by atoms with Crippen LogP contribution in [-0.4, -0.2) is 15.6 Å². The molecule has 114 valence electrons. The number of aromatic nitrogens is 1. The predicted octanol–water partition coefficient (Wildman–Crippen LogP) is 3.57. The van der Waals surface area contributed by atoms with E-state index in [0.717, 1.165) is 37.5 Å². The summed E-state index contributed by atoms with van der Waals surface area (Å²) in [6.07, 6.45) is 8.04. The summed E-state index contributed by atoms with van der Waals surface area (Å²) in [5.74, 6) is -0.760. The molecule has 1 heterocycles. The van der Waals surface area contributed by atoms with Crippen LogP contribution < -0.4 is 5.56 Å². The number of pyridine rings is 1. The van der Waals surface area contributed by atoms with Crippen molar-refractivity contribution in [3.8, 4) is 0 Å². The molecule has 4 nitrogen and oxygen atoms in total. The van der Waals surface area contributed by atoms with Gasteiger partial charge in [0.2, 0.25) is 0 Å². The Balaban J connectivity index is 2.49. The fraction of sp³-hybridized carbons (Fsp3) is 0.529. The molecule has 4 heteroatoms. The molecule has 0 bridgehead atoms. The Morgan fingerprint density at radius 3 is 2.52 bits per heavy atom. The lowest BCUT2D eigenvalue weighted by molar-refractivity contribution is -0.131. The Hall–Kier alpha value is -1.84. The highest BCUT2D eigenvalue weighted by molar-refractivity contribution is 5.85. The fourth-order valence-corrected chi connectivity index (χ4v) is 3.06. The van der Waals surface area contributed by atoms with Crippen molar-refractivity contribution in [2.75, 3.05) is 0 Å². The lowest BCUT2D eigenvalue weighted by atomic mass is 9.93. The lowest BCUT2D eigenvalue weighted by Crippen LogP contribution is -2.31. The number of rotatable bonds is 4. The molecular weight excluding hydrogens is 266 g/mol. The van der Waals surface area contributed by atoms with E-state index in [4.69, 9.17) is 5.11 Å². The van der Waals surface area contributed by atoms with Crippen molar-refractivity contribution >= 4 is 12.0 Å². The van der Waals surface area contributed by atoms with Gasteiger partial charge in [0.25, 0.3) is 5.56 Å². The minimum Gasteiger partial charge on any atom is -0.478 e. The van der Waals surface area contributed by atoms with Gasteiger partial charge >= 0.3 is 5.97 Å². The largest absolute Gasteiger partial charge is 0.478 e. The van der Waals surface area contributed by atoms with E-state index in [0.29, 0.717) is 5.56 Å². The van der Waals surface area contributed by atoms with E-state index in [1.165, 1.54) is 12.5 Å². The average molecular weight is 289 g/mol. The Labute approximate surface area is 125 Å². The first-order valence-corrected chi connectivity index (χ1v) is 7.67. The predicted molar refractivity (Wildman–Crippen MR) is 83.6 cm³/mol. The molecule has 1 aromatic heterocycles. The molecule has 0 atom stereocenters. The van der Waals surface area contributed by atoms with E-state index < -0.39 is 5.97 Å². The van der Waals surface area contributed by atoms with E-state index in [1.807, 2.05) is 10.6 Å². The zero-order chi connectivity index (χ0) is 15.4. The van der Waals surface area contributed by atoms with Crippen LogP contribution in [0, 0.1) is 0 Å². The van der Waals surface area contributed by atoms with Crippen LogP contribution >= 0.6 is 0 Å². The highest BCUT2D eigenvalue weighted by Gasteiger charge is 2.21. The average Bonchev–Trinajstić information content (AvgIpc) is 2.46. The van der Waals surface area contributed by atoms with Gasteiger partial charge in [-0.3, -0.25) is 4.79 Å². The van der Waals surface area contributed by atoms with E-state index in [2.05, 4.69) is 13.8 Å². The maximum Gasteiger partial charge on any atom is 0.328 e. The molecule has 2 rings (SSSR count). The molecule has 1 aliphatic carbocycles. The number of hydrogen-bond acceptors (Lipinski definition) is 2. The van der Waals surface area contributed by atoms with Gasteiger partial charge in [-0.05, 0) is 37.0 Å².